The highest BCUT2D eigenvalue weighted by molar-refractivity contribution is 9.10. The SMILES string of the molecule is CC1(C(=O)Cc2ccc(Br)cc2Cl)COCC1N. The quantitative estimate of drug-likeness (QED) is 0.925. The fourth-order valence-electron chi connectivity index (χ4n) is 2.02. The van der Waals surface area contributed by atoms with Crippen LogP contribution in [0.3, 0.4) is 0 Å². The molecule has 2 unspecified atom stereocenters. The predicted molar refractivity (Wildman–Crippen MR) is 74.8 cm³/mol. The van der Waals surface area contributed by atoms with Gasteiger partial charge in [0, 0.05) is 22.0 Å². The molecule has 1 aliphatic rings. The third kappa shape index (κ3) is 2.62. The van der Waals surface area contributed by atoms with Crippen molar-refractivity contribution in [1.82, 2.24) is 0 Å². The van der Waals surface area contributed by atoms with E-state index in [1.807, 2.05) is 19.1 Å². The molecule has 0 spiro atoms. The minimum absolute atomic E-state index is 0.0803. The monoisotopic (exact) mass is 331 g/mol. The number of Topliss-reactive ketones (excluding diaryl/α,β-unsaturated/α-hetero) is 1. The second-order valence-corrected chi connectivity index (χ2v) is 6.20. The van der Waals surface area contributed by atoms with E-state index >= 15 is 0 Å². The summed E-state index contributed by atoms with van der Waals surface area (Å²) >= 11 is 9.46. The lowest BCUT2D eigenvalue weighted by Crippen LogP contribution is -2.45. The van der Waals surface area contributed by atoms with E-state index in [-0.39, 0.29) is 11.8 Å². The maximum absolute atomic E-state index is 12.4. The first kappa shape index (κ1) is 14.0. The van der Waals surface area contributed by atoms with Gasteiger partial charge in [0.15, 0.2) is 0 Å². The molecule has 0 saturated carbocycles. The molecule has 0 radical (unpaired) electrons. The summed E-state index contributed by atoms with van der Waals surface area (Å²) in [5, 5.41) is 0.591. The predicted octanol–water partition coefficient (Wildman–Crippen LogP) is 2.58. The van der Waals surface area contributed by atoms with Gasteiger partial charge in [0.2, 0.25) is 0 Å². The fraction of sp³-hybridized carbons (Fsp3) is 0.462. The third-order valence-corrected chi connectivity index (χ3v) is 4.37. The molecule has 2 atom stereocenters. The maximum atomic E-state index is 12.4. The highest BCUT2D eigenvalue weighted by Gasteiger charge is 2.43. The third-order valence-electron chi connectivity index (χ3n) is 3.52. The molecule has 18 heavy (non-hydrogen) atoms. The molecule has 0 aliphatic carbocycles. The molecular weight excluding hydrogens is 318 g/mol. The van der Waals surface area contributed by atoms with Gasteiger partial charge in [-0.05, 0) is 24.6 Å². The summed E-state index contributed by atoms with van der Waals surface area (Å²) in [5.41, 5.74) is 6.17. The molecule has 5 heteroatoms. The van der Waals surface area contributed by atoms with Gasteiger partial charge in [-0.2, -0.15) is 0 Å². The molecule has 1 aromatic carbocycles. The van der Waals surface area contributed by atoms with Gasteiger partial charge in [0.05, 0.1) is 18.6 Å². The Morgan fingerprint density at radius 3 is 2.94 bits per heavy atom. The zero-order valence-corrected chi connectivity index (χ0v) is 12.4. The Bertz CT molecular complexity index is 480. The van der Waals surface area contributed by atoms with Crippen molar-refractivity contribution in [2.75, 3.05) is 13.2 Å². The number of ketones is 1. The van der Waals surface area contributed by atoms with E-state index in [9.17, 15) is 4.79 Å². The Morgan fingerprint density at radius 2 is 2.39 bits per heavy atom. The van der Waals surface area contributed by atoms with Crippen LogP contribution in [0.15, 0.2) is 22.7 Å². The van der Waals surface area contributed by atoms with Crippen LogP contribution in [0.1, 0.15) is 12.5 Å². The van der Waals surface area contributed by atoms with Crippen LogP contribution < -0.4 is 5.73 Å². The number of benzene rings is 1. The minimum atomic E-state index is -0.601. The molecule has 98 valence electrons. The van der Waals surface area contributed by atoms with Gasteiger partial charge in [0.1, 0.15) is 5.78 Å². The number of hydrogen-bond acceptors (Lipinski definition) is 3. The topological polar surface area (TPSA) is 52.3 Å². The van der Waals surface area contributed by atoms with Gasteiger partial charge in [-0.15, -0.1) is 0 Å². The number of carbonyl (C=O) groups is 1. The van der Waals surface area contributed by atoms with Crippen molar-refractivity contribution in [2.24, 2.45) is 11.1 Å². The van der Waals surface area contributed by atoms with E-state index in [1.54, 1.807) is 6.07 Å². The summed E-state index contributed by atoms with van der Waals surface area (Å²) in [7, 11) is 0. The van der Waals surface area contributed by atoms with Crippen molar-refractivity contribution in [3.05, 3.63) is 33.3 Å². The first-order valence-corrected chi connectivity index (χ1v) is 6.91. The summed E-state index contributed by atoms with van der Waals surface area (Å²) in [6.07, 6.45) is 0.291. The second-order valence-electron chi connectivity index (χ2n) is 4.87. The standard InChI is InChI=1S/C13H15BrClNO2/c1-13(7-18-6-11(13)16)12(17)4-8-2-3-9(14)5-10(8)15/h2-3,5,11H,4,6-7,16H2,1H3. The summed E-state index contributed by atoms with van der Waals surface area (Å²) < 4.78 is 6.19. The zero-order valence-electron chi connectivity index (χ0n) is 10.1. The molecule has 1 heterocycles. The average molecular weight is 333 g/mol. The first-order valence-electron chi connectivity index (χ1n) is 5.74. The van der Waals surface area contributed by atoms with Crippen LogP contribution in [0.5, 0.6) is 0 Å². The second kappa shape index (κ2) is 5.29. The smallest absolute Gasteiger partial charge is 0.147 e. The van der Waals surface area contributed by atoms with E-state index in [1.165, 1.54) is 0 Å². The highest BCUT2D eigenvalue weighted by Crippen LogP contribution is 2.31. The van der Waals surface area contributed by atoms with Gasteiger partial charge in [-0.25, -0.2) is 0 Å². The normalized spacial score (nSPS) is 27.4. The minimum Gasteiger partial charge on any atom is -0.379 e. The summed E-state index contributed by atoms with van der Waals surface area (Å²) in [6, 6.07) is 5.29. The summed E-state index contributed by atoms with van der Waals surface area (Å²) in [5.74, 6) is 0.0803. The molecule has 0 amide bonds. The van der Waals surface area contributed by atoms with Crippen molar-refractivity contribution in [3.63, 3.8) is 0 Å². The number of hydrogen-bond donors (Lipinski definition) is 1. The Labute approximate surface area is 120 Å². The molecule has 0 bridgehead atoms. The molecule has 3 nitrogen and oxygen atoms in total. The van der Waals surface area contributed by atoms with Crippen molar-refractivity contribution >= 4 is 33.3 Å². The largest absolute Gasteiger partial charge is 0.379 e. The lowest BCUT2D eigenvalue weighted by atomic mass is 9.79. The Morgan fingerprint density at radius 1 is 1.67 bits per heavy atom. The number of nitrogens with two attached hydrogens (primary N) is 1. The van der Waals surface area contributed by atoms with Crippen molar-refractivity contribution < 1.29 is 9.53 Å². The van der Waals surface area contributed by atoms with Crippen LogP contribution in [0.2, 0.25) is 5.02 Å². The zero-order chi connectivity index (χ0) is 13.3. The van der Waals surface area contributed by atoms with Crippen molar-refractivity contribution in [3.8, 4) is 0 Å². The first-order chi connectivity index (χ1) is 8.43. The lowest BCUT2D eigenvalue weighted by Gasteiger charge is -2.25. The van der Waals surface area contributed by atoms with Gasteiger partial charge < -0.3 is 10.5 Å². The van der Waals surface area contributed by atoms with Gasteiger partial charge in [0.25, 0.3) is 0 Å². The molecule has 0 aromatic heterocycles. The molecule has 2 N–H and O–H groups in total. The van der Waals surface area contributed by atoms with Crippen molar-refractivity contribution in [2.45, 2.75) is 19.4 Å². The molecule has 1 aromatic rings. The van der Waals surface area contributed by atoms with Crippen LogP contribution in [0.4, 0.5) is 0 Å². The van der Waals surface area contributed by atoms with E-state index in [4.69, 9.17) is 22.1 Å². The van der Waals surface area contributed by atoms with Gasteiger partial charge in [-0.1, -0.05) is 33.6 Å². The molecule has 1 saturated heterocycles. The van der Waals surface area contributed by atoms with Crippen LogP contribution in [0.25, 0.3) is 0 Å². The van der Waals surface area contributed by atoms with E-state index in [0.29, 0.717) is 24.7 Å². The summed E-state index contributed by atoms with van der Waals surface area (Å²) in [6.45, 7) is 2.69. The Hall–Kier alpha value is -0.420. The number of ether oxygens (including phenoxy) is 1. The van der Waals surface area contributed by atoms with Crippen LogP contribution in [-0.2, 0) is 16.0 Å². The van der Waals surface area contributed by atoms with E-state index in [2.05, 4.69) is 15.9 Å². The van der Waals surface area contributed by atoms with E-state index in [0.717, 1.165) is 10.0 Å². The Balaban J connectivity index is 2.16. The summed E-state index contributed by atoms with van der Waals surface area (Å²) in [4.78, 5) is 12.4. The van der Waals surface area contributed by atoms with Crippen LogP contribution >= 0.6 is 27.5 Å². The maximum Gasteiger partial charge on any atom is 0.147 e. The molecular formula is C13H15BrClNO2. The fourth-order valence-corrected chi connectivity index (χ4v) is 2.76. The van der Waals surface area contributed by atoms with E-state index < -0.39 is 5.41 Å². The molecule has 1 aliphatic heterocycles. The number of rotatable bonds is 3. The van der Waals surface area contributed by atoms with Crippen LogP contribution in [-0.4, -0.2) is 25.0 Å². The van der Waals surface area contributed by atoms with Crippen LogP contribution in [0, 0.1) is 5.41 Å². The van der Waals surface area contributed by atoms with Gasteiger partial charge in [-0.3, -0.25) is 4.79 Å². The molecule has 1 fully saturated rings. The Kier molecular flexibility index (Phi) is 4.11. The number of halogens is 2. The van der Waals surface area contributed by atoms with Gasteiger partial charge >= 0.3 is 0 Å². The number of carbonyl (C=O) groups excluding carboxylic acids is 1. The lowest BCUT2D eigenvalue weighted by molar-refractivity contribution is -0.127. The van der Waals surface area contributed by atoms with Crippen molar-refractivity contribution in [1.29, 1.82) is 0 Å². The molecule has 2 rings (SSSR count). The average Bonchev–Trinajstić information content (AvgIpc) is 2.64. The highest BCUT2D eigenvalue weighted by atomic mass is 79.9.